The van der Waals surface area contributed by atoms with E-state index >= 15 is 0 Å². The first-order chi connectivity index (χ1) is 15.7. The molecule has 3 N–H and O–H groups in total. The fourth-order valence-corrected chi connectivity index (χ4v) is 5.13. The number of methoxy groups -OCH3 is 1. The largest absolute Gasteiger partial charge is 0.507 e. The number of nitrogens with zero attached hydrogens (tertiary/aromatic N) is 3. The zero-order chi connectivity index (χ0) is 21.9. The average Bonchev–Trinajstić information content (AvgIpc) is 2.83. The molecule has 4 heterocycles. The van der Waals surface area contributed by atoms with Crippen LogP contribution >= 0.6 is 0 Å². The Labute approximate surface area is 188 Å². The average molecular weight is 432 g/mol. The lowest BCUT2D eigenvalue weighted by Crippen LogP contribution is -2.49. The Hall–Kier alpha value is -3.19. The minimum absolute atomic E-state index is 0.194. The van der Waals surface area contributed by atoms with Crippen molar-refractivity contribution in [3.8, 4) is 34.0 Å². The van der Waals surface area contributed by atoms with Crippen molar-refractivity contribution in [2.75, 3.05) is 19.0 Å². The van der Waals surface area contributed by atoms with Gasteiger partial charge in [0.2, 0.25) is 5.88 Å². The van der Waals surface area contributed by atoms with Gasteiger partial charge in [0, 0.05) is 36.0 Å². The van der Waals surface area contributed by atoms with Gasteiger partial charge in [0.05, 0.1) is 18.4 Å². The molecule has 0 radical (unpaired) electrons. The second-order valence-electron chi connectivity index (χ2n) is 8.77. The molecule has 2 saturated heterocycles. The maximum atomic E-state index is 10.4. The third kappa shape index (κ3) is 4.25. The lowest BCUT2D eigenvalue weighted by molar-refractivity contribution is 0.192. The number of aromatic hydroxyl groups is 1. The Morgan fingerprint density at radius 1 is 1.03 bits per heavy atom. The van der Waals surface area contributed by atoms with Crippen molar-refractivity contribution in [3.05, 3.63) is 48.7 Å². The molecule has 1 aromatic carbocycles. The Morgan fingerprint density at radius 3 is 2.56 bits per heavy atom. The molecule has 2 fully saturated rings. The number of hydrogen-bond donors (Lipinski definition) is 3. The third-order valence-corrected chi connectivity index (χ3v) is 6.61. The molecule has 2 aliphatic heterocycles. The molecule has 0 aliphatic carbocycles. The van der Waals surface area contributed by atoms with Crippen molar-refractivity contribution in [1.82, 2.24) is 20.5 Å². The normalized spacial score (nSPS) is 22.3. The number of phenolic OH excluding ortho intramolecular Hbond substituents is 1. The van der Waals surface area contributed by atoms with Crippen LogP contribution in [0.1, 0.15) is 32.1 Å². The van der Waals surface area contributed by atoms with Crippen LogP contribution in [0.3, 0.4) is 0 Å². The van der Waals surface area contributed by atoms with Gasteiger partial charge in [-0.25, -0.2) is 4.98 Å². The molecule has 2 atom stereocenters. The first kappa shape index (κ1) is 20.7. The van der Waals surface area contributed by atoms with Gasteiger partial charge in [-0.3, -0.25) is 0 Å². The van der Waals surface area contributed by atoms with Crippen molar-refractivity contribution in [1.29, 1.82) is 0 Å². The van der Waals surface area contributed by atoms with Gasteiger partial charge in [-0.15, -0.1) is 10.2 Å². The standard InChI is InChI=1S/C25H29N5O2/c1-32-25-24(20(11-12-26-25)19-7-2-3-8-22(19)31)21-9-10-23(30-29-21)27-15-16-13-17-5-4-6-18(14-16)28-17/h2-3,7-12,16-18,28,31H,4-6,13-15H2,1H3,(H,27,30). The molecule has 5 rings (SSSR count). The number of fused-ring (bicyclic) bond motifs is 2. The molecule has 7 nitrogen and oxygen atoms in total. The van der Waals surface area contributed by atoms with E-state index in [0.717, 1.165) is 17.9 Å². The Balaban J connectivity index is 1.35. The van der Waals surface area contributed by atoms with E-state index in [4.69, 9.17) is 4.74 Å². The van der Waals surface area contributed by atoms with Gasteiger partial charge in [-0.1, -0.05) is 24.6 Å². The quantitative estimate of drug-likeness (QED) is 0.537. The number of rotatable bonds is 6. The molecule has 2 aromatic heterocycles. The van der Waals surface area contributed by atoms with E-state index in [1.54, 1.807) is 25.4 Å². The summed E-state index contributed by atoms with van der Waals surface area (Å²) in [5, 5.41) is 26.5. The molecule has 2 bridgehead atoms. The summed E-state index contributed by atoms with van der Waals surface area (Å²) in [4.78, 5) is 4.34. The van der Waals surface area contributed by atoms with Gasteiger partial charge in [0.1, 0.15) is 11.6 Å². The van der Waals surface area contributed by atoms with E-state index in [1.165, 1.54) is 32.1 Å². The van der Waals surface area contributed by atoms with Crippen molar-refractivity contribution in [2.45, 2.75) is 44.2 Å². The summed E-state index contributed by atoms with van der Waals surface area (Å²) >= 11 is 0. The summed E-state index contributed by atoms with van der Waals surface area (Å²) in [5.74, 6) is 2.07. The van der Waals surface area contributed by atoms with Crippen LogP contribution in [0, 0.1) is 5.92 Å². The summed E-state index contributed by atoms with van der Waals surface area (Å²) in [6, 6.07) is 14.3. The van der Waals surface area contributed by atoms with Crippen LogP contribution in [0.5, 0.6) is 11.6 Å². The first-order valence-electron chi connectivity index (χ1n) is 11.4. The van der Waals surface area contributed by atoms with E-state index in [9.17, 15) is 5.11 Å². The van der Waals surface area contributed by atoms with Gasteiger partial charge in [0.25, 0.3) is 0 Å². The number of benzene rings is 1. The van der Waals surface area contributed by atoms with E-state index in [0.29, 0.717) is 40.7 Å². The summed E-state index contributed by atoms with van der Waals surface area (Å²) in [6.45, 7) is 0.919. The minimum atomic E-state index is 0.194. The van der Waals surface area contributed by atoms with Crippen LogP contribution in [-0.4, -0.2) is 46.0 Å². The number of hydrogen-bond acceptors (Lipinski definition) is 7. The van der Waals surface area contributed by atoms with E-state index in [-0.39, 0.29) is 5.75 Å². The maximum absolute atomic E-state index is 10.4. The summed E-state index contributed by atoms with van der Waals surface area (Å²) < 4.78 is 5.51. The van der Waals surface area contributed by atoms with Crippen molar-refractivity contribution >= 4 is 5.82 Å². The van der Waals surface area contributed by atoms with E-state index in [1.807, 2.05) is 30.3 Å². The predicted octanol–water partition coefficient (Wildman–Crippen LogP) is 4.25. The number of phenols is 1. The lowest BCUT2D eigenvalue weighted by atomic mass is 9.80. The molecular weight excluding hydrogens is 402 g/mol. The molecule has 7 heteroatoms. The van der Waals surface area contributed by atoms with Crippen molar-refractivity contribution < 1.29 is 9.84 Å². The summed E-state index contributed by atoms with van der Waals surface area (Å²) in [5.41, 5.74) is 2.85. The van der Waals surface area contributed by atoms with Gasteiger partial charge in [-0.2, -0.15) is 0 Å². The second kappa shape index (κ2) is 9.12. The number of ether oxygens (including phenoxy) is 1. The molecule has 0 saturated carbocycles. The van der Waals surface area contributed by atoms with E-state index < -0.39 is 0 Å². The van der Waals surface area contributed by atoms with Gasteiger partial charge < -0.3 is 20.5 Å². The highest BCUT2D eigenvalue weighted by atomic mass is 16.5. The Morgan fingerprint density at radius 2 is 1.84 bits per heavy atom. The molecule has 0 spiro atoms. The molecule has 32 heavy (non-hydrogen) atoms. The van der Waals surface area contributed by atoms with Crippen LogP contribution in [0.25, 0.3) is 22.4 Å². The Bertz CT molecular complexity index is 1060. The molecule has 2 aliphatic rings. The fraction of sp³-hybridized carbons (Fsp3) is 0.400. The number of aromatic nitrogens is 3. The second-order valence-corrected chi connectivity index (χ2v) is 8.77. The molecular formula is C25H29N5O2. The van der Waals surface area contributed by atoms with Crippen LogP contribution in [0.2, 0.25) is 0 Å². The summed E-state index contributed by atoms with van der Waals surface area (Å²) in [6.07, 6.45) is 8.08. The number of pyridine rings is 1. The van der Waals surface area contributed by atoms with Gasteiger partial charge >= 0.3 is 0 Å². The van der Waals surface area contributed by atoms with E-state index in [2.05, 4.69) is 25.8 Å². The zero-order valence-corrected chi connectivity index (χ0v) is 18.3. The topological polar surface area (TPSA) is 92.2 Å². The SMILES string of the molecule is COc1nccc(-c2ccccc2O)c1-c1ccc(NCC2CC3CCCC(C2)N3)nn1. The highest BCUT2D eigenvalue weighted by Gasteiger charge is 2.30. The number of para-hydroxylation sites is 1. The molecule has 3 aromatic rings. The number of anilines is 1. The smallest absolute Gasteiger partial charge is 0.223 e. The lowest BCUT2D eigenvalue weighted by Gasteiger charge is -2.40. The molecule has 166 valence electrons. The fourth-order valence-electron chi connectivity index (χ4n) is 5.13. The van der Waals surface area contributed by atoms with Crippen LogP contribution in [-0.2, 0) is 0 Å². The first-order valence-corrected chi connectivity index (χ1v) is 11.4. The zero-order valence-electron chi connectivity index (χ0n) is 18.3. The monoisotopic (exact) mass is 431 g/mol. The van der Waals surface area contributed by atoms with Gasteiger partial charge in [-0.05, 0) is 55.9 Å². The highest BCUT2D eigenvalue weighted by Crippen LogP contribution is 2.40. The highest BCUT2D eigenvalue weighted by molar-refractivity contribution is 5.87. The molecule has 0 amide bonds. The number of piperidine rings is 2. The van der Waals surface area contributed by atoms with Crippen LogP contribution < -0.4 is 15.4 Å². The van der Waals surface area contributed by atoms with Crippen LogP contribution in [0.4, 0.5) is 5.82 Å². The predicted molar refractivity (Wildman–Crippen MR) is 125 cm³/mol. The van der Waals surface area contributed by atoms with Gasteiger partial charge in [0.15, 0.2) is 0 Å². The maximum Gasteiger partial charge on any atom is 0.223 e. The summed E-state index contributed by atoms with van der Waals surface area (Å²) in [7, 11) is 1.58. The minimum Gasteiger partial charge on any atom is -0.507 e. The van der Waals surface area contributed by atoms with Crippen molar-refractivity contribution in [3.63, 3.8) is 0 Å². The number of nitrogens with one attached hydrogen (secondary N) is 2. The Kier molecular flexibility index (Phi) is 5.90. The van der Waals surface area contributed by atoms with Crippen molar-refractivity contribution in [2.24, 2.45) is 5.92 Å². The van der Waals surface area contributed by atoms with Crippen LogP contribution in [0.15, 0.2) is 48.7 Å². The molecule has 2 unspecified atom stereocenters. The third-order valence-electron chi connectivity index (χ3n) is 6.61.